The van der Waals surface area contributed by atoms with Crippen LogP contribution in [0.25, 0.3) is 11.3 Å². The van der Waals surface area contributed by atoms with Crippen LogP contribution >= 0.6 is 22.7 Å². The molecule has 0 amide bonds. The maximum Gasteiger partial charge on any atom is 0.206 e. The minimum Gasteiger partial charge on any atom is -0.253 e. The lowest BCUT2D eigenvalue weighted by Crippen LogP contribution is -2.12. The van der Waals surface area contributed by atoms with E-state index in [9.17, 15) is 0 Å². The summed E-state index contributed by atoms with van der Waals surface area (Å²) in [5.41, 5.74) is 5.73. The zero-order chi connectivity index (χ0) is 18.5. The molecule has 0 saturated heterocycles. The number of benzene rings is 2. The van der Waals surface area contributed by atoms with Crippen molar-refractivity contribution >= 4 is 28.9 Å². The van der Waals surface area contributed by atoms with Gasteiger partial charge in [0.1, 0.15) is 0 Å². The molecular weight excluding hydrogens is 370 g/mol. The fraction of sp³-hybridized carbons (Fsp3) is 0.0909. The zero-order valence-electron chi connectivity index (χ0n) is 14.9. The molecule has 0 bridgehead atoms. The zero-order valence-corrected chi connectivity index (χ0v) is 16.6. The monoisotopic (exact) mass is 389 g/mol. The van der Waals surface area contributed by atoms with E-state index < -0.39 is 0 Å². The summed E-state index contributed by atoms with van der Waals surface area (Å²) in [6.45, 7) is 2.74. The SMILES string of the molecule is Cc1ccc(-c2csc(=NCc3ccccc3)n2N=Cc2ccsc2)cc1. The van der Waals surface area contributed by atoms with Gasteiger partial charge in [-0.2, -0.15) is 16.4 Å². The Labute approximate surface area is 166 Å². The Morgan fingerprint density at radius 2 is 1.78 bits per heavy atom. The molecule has 0 unspecified atom stereocenters. The molecule has 0 saturated carbocycles. The van der Waals surface area contributed by atoms with E-state index in [2.05, 4.69) is 65.5 Å². The van der Waals surface area contributed by atoms with Crippen molar-refractivity contribution in [3.63, 3.8) is 0 Å². The van der Waals surface area contributed by atoms with Crippen molar-refractivity contribution < 1.29 is 0 Å². The Morgan fingerprint density at radius 3 is 2.52 bits per heavy atom. The molecule has 3 nitrogen and oxygen atoms in total. The highest BCUT2D eigenvalue weighted by Gasteiger charge is 2.07. The lowest BCUT2D eigenvalue weighted by atomic mass is 10.1. The van der Waals surface area contributed by atoms with Crippen molar-refractivity contribution in [1.82, 2.24) is 4.68 Å². The molecule has 0 aliphatic rings. The number of nitrogens with zero attached hydrogens (tertiary/aromatic N) is 3. The third-order valence-corrected chi connectivity index (χ3v) is 5.69. The molecular formula is C22H19N3S2. The third-order valence-electron chi connectivity index (χ3n) is 4.14. The van der Waals surface area contributed by atoms with Crippen LogP contribution in [0.3, 0.4) is 0 Å². The summed E-state index contributed by atoms with van der Waals surface area (Å²) in [5.74, 6) is 0. The van der Waals surface area contributed by atoms with Crippen LogP contribution < -0.4 is 4.80 Å². The summed E-state index contributed by atoms with van der Waals surface area (Å²) < 4.78 is 1.94. The predicted octanol–water partition coefficient (Wildman–Crippen LogP) is 5.57. The van der Waals surface area contributed by atoms with Crippen molar-refractivity contribution in [2.45, 2.75) is 13.5 Å². The smallest absolute Gasteiger partial charge is 0.206 e. The van der Waals surface area contributed by atoms with Gasteiger partial charge >= 0.3 is 0 Å². The van der Waals surface area contributed by atoms with Crippen molar-refractivity contribution in [3.05, 3.63) is 98.3 Å². The van der Waals surface area contributed by atoms with Gasteiger partial charge in [-0.3, -0.25) is 4.99 Å². The van der Waals surface area contributed by atoms with Gasteiger partial charge in [0, 0.05) is 16.5 Å². The van der Waals surface area contributed by atoms with Gasteiger partial charge in [0.05, 0.1) is 18.5 Å². The van der Waals surface area contributed by atoms with E-state index in [4.69, 9.17) is 10.1 Å². The van der Waals surface area contributed by atoms with E-state index in [1.165, 1.54) is 11.1 Å². The Hall–Kier alpha value is -2.76. The molecule has 0 N–H and O–H groups in total. The van der Waals surface area contributed by atoms with Gasteiger partial charge < -0.3 is 0 Å². The maximum atomic E-state index is 4.81. The Bertz CT molecular complexity index is 1090. The topological polar surface area (TPSA) is 29.6 Å². The number of aromatic nitrogens is 1. The average Bonchev–Trinajstić information content (AvgIpc) is 3.36. The van der Waals surface area contributed by atoms with Gasteiger partial charge in [0.2, 0.25) is 4.80 Å². The number of aryl methyl sites for hydroxylation is 1. The van der Waals surface area contributed by atoms with E-state index in [1.807, 2.05) is 29.1 Å². The highest BCUT2D eigenvalue weighted by Crippen LogP contribution is 2.21. The number of hydrogen-bond acceptors (Lipinski definition) is 4. The van der Waals surface area contributed by atoms with Crippen molar-refractivity contribution in [2.24, 2.45) is 10.1 Å². The molecule has 2 aromatic heterocycles. The van der Waals surface area contributed by atoms with Gasteiger partial charge in [0.15, 0.2) is 0 Å². The fourth-order valence-corrected chi connectivity index (χ4v) is 4.11. The molecule has 5 heteroatoms. The van der Waals surface area contributed by atoms with Gasteiger partial charge in [-0.25, -0.2) is 4.68 Å². The Kier molecular flexibility index (Phi) is 5.42. The van der Waals surface area contributed by atoms with E-state index in [-0.39, 0.29) is 0 Å². The number of thiazole rings is 1. The minimum absolute atomic E-state index is 0.642. The Morgan fingerprint density at radius 1 is 0.963 bits per heavy atom. The summed E-state index contributed by atoms with van der Waals surface area (Å²) in [6, 6.07) is 20.9. The molecule has 0 atom stereocenters. The number of thiophene rings is 1. The molecule has 0 radical (unpaired) electrons. The minimum atomic E-state index is 0.642. The molecule has 0 aliphatic carbocycles. The second-order valence-electron chi connectivity index (χ2n) is 6.18. The van der Waals surface area contributed by atoms with Crippen LogP contribution in [0, 0.1) is 6.92 Å². The normalized spacial score (nSPS) is 12.1. The first kappa shape index (κ1) is 17.6. The summed E-state index contributed by atoms with van der Waals surface area (Å²) in [4.78, 5) is 5.70. The lowest BCUT2D eigenvalue weighted by Gasteiger charge is -2.04. The van der Waals surface area contributed by atoms with Crippen molar-refractivity contribution in [2.75, 3.05) is 0 Å². The molecule has 2 heterocycles. The highest BCUT2D eigenvalue weighted by atomic mass is 32.1. The van der Waals surface area contributed by atoms with Gasteiger partial charge in [-0.05, 0) is 29.3 Å². The van der Waals surface area contributed by atoms with E-state index >= 15 is 0 Å². The molecule has 27 heavy (non-hydrogen) atoms. The van der Waals surface area contributed by atoms with Crippen LogP contribution in [-0.2, 0) is 6.54 Å². The molecule has 4 rings (SSSR count). The van der Waals surface area contributed by atoms with Crippen LogP contribution in [0.15, 0.2) is 86.9 Å². The number of hydrogen-bond donors (Lipinski definition) is 0. The summed E-state index contributed by atoms with van der Waals surface area (Å²) in [6.07, 6.45) is 1.89. The van der Waals surface area contributed by atoms with Crippen LogP contribution in [0.2, 0.25) is 0 Å². The highest BCUT2D eigenvalue weighted by molar-refractivity contribution is 7.08. The fourth-order valence-electron chi connectivity index (χ4n) is 2.66. The maximum absolute atomic E-state index is 4.81. The summed E-state index contributed by atoms with van der Waals surface area (Å²) in [5, 5.41) is 11.0. The quantitative estimate of drug-likeness (QED) is 0.400. The van der Waals surface area contributed by atoms with Crippen molar-refractivity contribution in [3.8, 4) is 11.3 Å². The molecule has 2 aromatic carbocycles. The standard InChI is InChI=1S/C22H19N3S2/c1-17-7-9-20(10-8-17)21-16-27-22(23-13-18-5-3-2-4-6-18)25(21)24-14-19-11-12-26-15-19/h2-12,14-16H,13H2,1H3. The van der Waals surface area contributed by atoms with E-state index in [0.717, 1.165) is 21.6 Å². The van der Waals surface area contributed by atoms with Crippen LogP contribution in [0.5, 0.6) is 0 Å². The first-order valence-corrected chi connectivity index (χ1v) is 10.5. The average molecular weight is 390 g/mol. The third kappa shape index (κ3) is 4.32. The largest absolute Gasteiger partial charge is 0.253 e. The molecule has 4 aromatic rings. The first-order valence-electron chi connectivity index (χ1n) is 8.68. The van der Waals surface area contributed by atoms with Crippen LogP contribution in [-0.4, -0.2) is 10.9 Å². The van der Waals surface area contributed by atoms with E-state index in [1.54, 1.807) is 22.7 Å². The van der Waals surface area contributed by atoms with Crippen LogP contribution in [0.1, 0.15) is 16.7 Å². The molecule has 134 valence electrons. The Balaban J connectivity index is 1.75. The molecule has 0 spiro atoms. The second-order valence-corrected chi connectivity index (χ2v) is 7.80. The predicted molar refractivity (Wildman–Crippen MR) is 116 cm³/mol. The van der Waals surface area contributed by atoms with Crippen LogP contribution in [0.4, 0.5) is 0 Å². The van der Waals surface area contributed by atoms with Crippen molar-refractivity contribution in [1.29, 1.82) is 0 Å². The molecule has 0 fully saturated rings. The molecule has 0 aliphatic heterocycles. The first-order chi connectivity index (χ1) is 13.3. The lowest BCUT2D eigenvalue weighted by molar-refractivity contribution is 0.824. The van der Waals surface area contributed by atoms with Gasteiger partial charge in [-0.15, -0.1) is 11.3 Å². The summed E-state index contributed by atoms with van der Waals surface area (Å²) in [7, 11) is 0. The van der Waals surface area contributed by atoms with E-state index in [0.29, 0.717) is 6.54 Å². The van der Waals surface area contributed by atoms with Gasteiger partial charge in [-0.1, -0.05) is 60.2 Å². The second kappa shape index (κ2) is 8.29. The number of rotatable bonds is 5. The van der Waals surface area contributed by atoms with Gasteiger partial charge in [0.25, 0.3) is 0 Å². The summed E-state index contributed by atoms with van der Waals surface area (Å²) >= 11 is 3.29.